The molecule has 0 amide bonds. The lowest BCUT2D eigenvalue weighted by atomic mass is 10.0. The second-order valence-electron chi connectivity index (χ2n) is 6.34. The molecular weight excluding hydrogens is 246 g/mol. The molecule has 1 aromatic heterocycles. The van der Waals surface area contributed by atoms with Crippen LogP contribution in [0.4, 0.5) is 0 Å². The molecule has 3 rings (SSSR count). The molecule has 0 spiro atoms. The molecule has 2 saturated heterocycles. The molecule has 3 heterocycles. The summed E-state index contributed by atoms with van der Waals surface area (Å²) in [5.41, 5.74) is 1.35. The second kappa shape index (κ2) is 7.19. The summed E-state index contributed by atoms with van der Waals surface area (Å²) in [4.78, 5) is 9.62. The maximum absolute atomic E-state index is 4.23. The van der Waals surface area contributed by atoms with Crippen molar-refractivity contribution in [1.82, 2.24) is 14.8 Å². The standard InChI is InChI=1S/C17H27N3/c1-2-4-12-20(11-3-1)17-8-6-10-19(15-17)14-16-7-5-9-18-13-16/h5,7,9,13,17H,1-4,6,8,10-12,14-15H2/t17-/m0/s1. The van der Waals surface area contributed by atoms with E-state index in [-0.39, 0.29) is 0 Å². The first kappa shape index (κ1) is 14.0. The topological polar surface area (TPSA) is 19.4 Å². The van der Waals surface area contributed by atoms with E-state index in [0.29, 0.717) is 0 Å². The van der Waals surface area contributed by atoms with Crippen molar-refractivity contribution in [2.75, 3.05) is 26.2 Å². The van der Waals surface area contributed by atoms with Crippen LogP contribution in [0.25, 0.3) is 0 Å². The lowest BCUT2D eigenvalue weighted by Gasteiger charge is -2.39. The number of aromatic nitrogens is 1. The van der Waals surface area contributed by atoms with Crippen molar-refractivity contribution in [3.05, 3.63) is 30.1 Å². The lowest BCUT2D eigenvalue weighted by Crippen LogP contribution is -2.47. The molecule has 0 radical (unpaired) electrons. The molecule has 2 aliphatic rings. The van der Waals surface area contributed by atoms with Crippen LogP contribution >= 0.6 is 0 Å². The monoisotopic (exact) mass is 273 g/mol. The van der Waals surface area contributed by atoms with Crippen LogP contribution < -0.4 is 0 Å². The zero-order valence-corrected chi connectivity index (χ0v) is 12.5. The minimum Gasteiger partial charge on any atom is -0.299 e. The lowest BCUT2D eigenvalue weighted by molar-refractivity contribution is 0.0956. The third-order valence-corrected chi connectivity index (χ3v) is 4.77. The van der Waals surface area contributed by atoms with Gasteiger partial charge < -0.3 is 0 Å². The highest BCUT2D eigenvalue weighted by Gasteiger charge is 2.25. The van der Waals surface area contributed by atoms with Crippen molar-refractivity contribution in [2.45, 2.75) is 51.1 Å². The largest absolute Gasteiger partial charge is 0.299 e. The molecule has 0 N–H and O–H groups in total. The fourth-order valence-electron chi connectivity index (χ4n) is 3.68. The summed E-state index contributed by atoms with van der Waals surface area (Å²) in [5.74, 6) is 0. The van der Waals surface area contributed by atoms with E-state index in [1.54, 1.807) is 0 Å². The third-order valence-electron chi connectivity index (χ3n) is 4.77. The summed E-state index contributed by atoms with van der Waals surface area (Å²) in [6, 6.07) is 5.03. The first-order valence-corrected chi connectivity index (χ1v) is 8.27. The molecule has 110 valence electrons. The zero-order chi connectivity index (χ0) is 13.6. The molecule has 2 fully saturated rings. The Morgan fingerprint density at radius 3 is 2.65 bits per heavy atom. The van der Waals surface area contributed by atoms with Gasteiger partial charge in [-0.25, -0.2) is 0 Å². The van der Waals surface area contributed by atoms with Crippen LogP contribution in [0.3, 0.4) is 0 Å². The van der Waals surface area contributed by atoms with Gasteiger partial charge in [-0.15, -0.1) is 0 Å². The molecule has 2 aliphatic heterocycles. The summed E-state index contributed by atoms with van der Waals surface area (Å²) in [6.07, 6.45) is 12.3. The van der Waals surface area contributed by atoms with Crippen LogP contribution in [0.2, 0.25) is 0 Å². The smallest absolute Gasteiger partial charge is 0.0312 e. The van der Waals surface area contributed by atoms with Gasteiger partial charge in [0.2, 0.25) is 0 Å². The van der Waals surface area contributed by atoms with Crippen LogP contribution in [0.5, 0.6) is 0 Å². The van der Waals surface area contributed by atoms with Gasteiger partial charge in [-0.3, -0.25) is 14.8 Å². The first-order chi connectivity index (χ1) is 9.92. The van der Waals surface area contributed by atoms with E-state index >= 15 is 0 Å². The molecule has 0 saturated carbocycles. The Hall–Kier alpha value is -0.930. The quantitative estimate of drug-likeness (QED) is 0.844. The SMILES string of the molecule is c1cncc(CN2CCC[C@H](N3CCCCCC3)C2)c1. The van der Waals surface area contributed by atoms with Crippen LogP contribution in [0.1, 0.15) is 44.1 Å². The van der Waals surface area contributed by atoms with Gasteiger partial charge in [0.05, 0.1) is 0 Å². The number of likely N-dealkylation sites (tertiary alicyclic amines) is 2. The minimum atomic E-state index is 0.790. The van der Waals surface area contributed by atoms with Gasteiger partial charge in [0.15, 0.2) is 0 Å². The number of rotatable bonds is 3. The van der Waals surface area contributed by atoms with E-state index < -0.39 is 0 Å². The third kappa shape index (κ3) is 3.80. The highest BCUT2D eigenvalue weighted by Crippen LogP contribution is 2.21. The predicted octanol–water partition coefficient (Wildman–Crippen LogP) is 2.92. The van der Waals surface area contributed by atoms with Gasteiger partial charge in [0, 0.05) is 31.5 Å². The number of hydrogen-bond acceptors (Lipinski definition) is 3. The van der Waals surface area contributed by atoms with Gasteiger partial charge in [0.25, 0.3) is 0 Å². The number of nitrogens with zero attached hydrogens (tertiary/aromatic N) is 3. The molecule has 0 unspecified atom stereocenters. The van der Waals surface area contributed by atoms with Crippen LogP contribution in [0, 0.1) is 0 Å². The summed E-state index contributed by atoms with van der Waals surface area (Å²) in [5, 5.41) is 0. The molecule has 3 heteroatoms. The van der Waals surface area contributed by atoms with E-state index in [2.05, 4.69) is 20.9 Å². The minimum absolute atomic E-state index is 0.790. The van der Waals surface area contributed by atoms with Crippen LogP contribution in [-0.4, -0.2) is 47.0 Å². The number of pyridine rings is 1. The highest BCUT2D eigenvalue weighted by atomic mass is 15.2. The second-order valence-corrected chi connectivity index (χ2v) is 6.34. The number of hydrogen-bond donors (Lipinski definition) is 0. The summed E-state index contributed by atoms with van der Waals surface area (Å²) in [7, 11) is 0. The molecule has 3 nitrogen and oxygen atoms in total. The molecule has 0 aliphatic carbocycles. The molecule has 0 bridgehead atoms. The Balaban J connectivity index is 1.55. The van der Waals surface area contributed by atoms with Crippen molar-refractivity contribution < 1.29 is 0 Å². The Kier molecular flexibility index (Phi) is 5.04. The van der Waals surface area contributed by atoms with Crippen molar-refractivity contribution in [1.29, 1.82) is 0 Å². The molecule has 20 heavy (non-hydrogen) atoms. The molecule has 0 aromatic carbocycles. The highest BCUT2D eigenvalue weighted by molar-refractivity contribution is 5.08. The van der Waals surface area contributed by atoms with Crippen molar-refractivity contribution >= 4 is 0 Å². The van der Waals surface area contributed by atoms with Crippen LogP contribution in [0.15, 0.2) is 24.5 Å². The van der Waals surface area contributed by atoms with E-state index in [0.717, 1.165) is 12.6 Å². The fraction of sp³-hybridized carbons (Fsp3) is 0.706. The molecule has 1 atom stereocenters. The van der Waals surface area contributed by atoms with Gasteiger partial charge >= 0.3 is 0 Å². The van der Waals surface area contributed by atoms with E-state index in [9.17, 15) is 0 Å². The van der Waals surface area contributed by atoms with E-state index in [1.807, 2.05) is 18.5 Å². The van der Waals surface area contributed by atoms with Crippen molar-refractivity contribution in [3.8, 4) is 0 Å². The summed E-state index contributed by atoms with van der Waals surface area (Å²) < 4.78 is 0. The Morgan fingerprint density at radius 1 is 1.05 bits per heavy atom. The summed E-state index contributed by atoms with van der Waals surface area (Å²) >= 11 is 0. The maximum Gasteiger partial charge on any atom is 0.0312 e. The average molecular weight is 273 g/mol. The van der Waals surface area contributed by atoms with Gasteiger partial charge in [-0.05, 0) is 56.9 Å². The first-order valence-electron chi connectivity index (χ1n) is 8.27. The molecule has 1 aromatic rings. The van der Waals surface area contributed by atoms with Crippen molar-refractivity contribution in [2.24, 2.45) is 0 Å². The Morgan fingerprint density at radius 2 is 1.90 bits per heavy atom. The van der Waals surface area contributed by atoms with Gasteiger partial charge in [0.1, 0.15) is 0 Å². The number of piperidine rings is 1. The van der Waals surface area contributed by atoms with Crippen LogP contribution in [-0.2, 0) is 6.54 Å². The zero-order valence-electron chi connectivity index (χ0n) is 12.5. The summed E-state index contributed by atoms with van der Waals surface area (Å²) in [6.45, 7) is 6.21. The Labute approximate surface area is 123 Å². The van der Waals surface area contributed by atoms with E-state index in [1.165, 1.54) is 70.3 Å². The average Bonchev–Trinajstić information content (AvgIpc) is 2.78. The van der Waals surface area contributed by atoms with E-state index in [4.69, 9.17) is 0 Å². The normalized spacial score (nSPS) is 26.3. The van der Waals surface area contributed by atoms with Gasteiger partial charge in [-0.1, -0.05) is 18.9 Å². The fourth-order valence-corrected chi connectivity index (χ4v) is 3.68. The Bertz CT molecular complexity index is 384. The maximum atomic E-state index is 4.23. The van der Waals surface area contributed by atoms with Crippen molar-refractivity contribution in [3.63, 3.8) is 0 Å². The predicted molar refractivity (Wildman–Crippen MR) is 82.6 cm³/mol. The van der Waals surface area contributed by atoms with Gasteiger partial charge in [-0.2, -0.15) is 0 Å². The molecular formula is C17H27N3.